The van der Waals surface area contributed by atoms with Crippen molar-refractivity contribution in [3.05, 3.63) is 48.6 Å². The fraction of sp³-hybridized carbons (Fsp3) is 0.767. The molecule has 282 valence electrons. The zero-order valence-corrected chi connectivity index (χ0v) is 32.7. The summed E-state index contributed by atoms with van der Waals surface area (Å²) in [5.41, 5.74) is 0. The maximum atomic E-state index is 12.7. The molecule has 0 N–H and O–H groups in total. The molecule has 1 saturated heterocycles. The molecule has 1 heterocycles. The minimum absolute atomic E-state index is 0.160. The van der Waals surface area contributed by atoms with Crippen molar-refractivity contribution in [3.63, 3.8) is 0 Å². The molecule has 1 unspecified atom stereocenters. The van der Waals surface area contributed by atoms with Gasteiger partial charge in [-0.1, -0.05) is 127 Å². The minimum atomic E-state index is -0.387. The van der Waals surface area contributed by atoms with Crippen LogP contribution in [0.25, 0.3) is 0 Å². The van der Waals surface area contributed by atoms with E-state index in [0.29, 0.717) is 19.4 Å². The Labute approximate surface area is 307 Å². The molecular formula is C43H75NO4S. The lowest BCUT2D eigenvalue weighted by Gasteiger charge is -2.29. The van der Waals surface area contributed by atoms with Crippen LogP contribution in [0.1, 0.15) is 168 Å². The monoisotopic (exact) mass is 702 g/mol. The van der Waals surface area contributed by atoms with E-state index in [4.69, 9.17) is 9.47 Å². The lowest BCUT2D eigenvalue weighted by atomic mass is 10.1. The van der Waals surface area contributed by atoms with Gasteiger partial charge in [0.2, 0.25) is 0 Å². The number of thioether (sulfide) groups is 1. The highest BCUT2D eigenvalue weighted by atomic mass is 32.2. The number of allylic oxidation sites excluding steroid dienone is 8. The van der Waals surface area contributed by atoms with Gasteiger partial charge in [0.05, 0.1) is 0 Å². The number of unbranched alkanes of at least 4 members (excludes halogenated alkanes) is 16. The Morgan fingerprint density at radius 3 is 1.49 bits per heavy atom. The van der Waals surface area contributed by atoms with Crippen LogP contribution in [0.4, 0.5) is 0 Å². The number of hydrogen-bond acceptors (Lipinski definition) is 6. The van der Waals surface area contributed by atoms with E-state index < -0.39 is 0 Å². The minimum Gasteiger partial charge on any atom is -0.462 e. The lowest BCUT2D eigenvalue weighted by molar-refractivity contribution is -0.160. The van der Waals surface area contributed by atoms with Crippen LogP contribution in [0.5, 0.6) is 0 Å². The fourth-order valence-electron chi connectivity index (χ4n) is 5.86. The fourth-order valence-corrected chi connectivity index (χ4v) is 6.84. The van der Waals surface area contributed by atoms with Crippen molar-refractivity contribution in [2.24, 2.45) is 0 Å². The molecule has 5 nitrogen and oxygen atoms in total. The molecule has 0 saturated carbocycles. The van der Waals surface area contributed by atoms with E-state index in [1.54, 1.807) is 0 Å². The zero-order chi connectivity index (χ0) is 35.3. The molecule has 0 bridgehead atoms. The molecule has 0 aromatic carbocycles. The summed E-state index contributed by atoms with van der Waals surface area (Å²) in [6, 6.07) is 0. The molecule has 0 spiro atoms. The van der Waals surface area contributed by atoms with E-state index in [2.05, 4.69) is 67.4 Å². The summed E-state index contributed by atoms with van der Waals surface area (Å²) in [4.78, 5) is 27.5. The van der Waals surface area contributed by atoms with Gasteiger partial charge in [-0.25, -0.2) is 0 Å². The van der Waals surface area contributed by atoms with Crippen LogP contribution in [-0.4, -0.2) is 60.7 Å². The maximum absolute atomic E-state index is 12.7. The predicted molar refractivity (Wildman–Crippen MR) is 213 cm³/mol. The smallest absolute Gasteiger partial charge is 0.306 e. The van der Waals surface area contributed by atoms with Crippen molar-refractivity contribution in [2.75, 3.05) is 37.7 Å². The maximum Gasteiger partial charge on any atom is 0.306 e. The van der Waals surface area contributed by atoms with Crippen molar-refractivity contribution in [2.45, 2.75) is 174 Å². The highest BCUT2D eigenvalue weighted by Crippen LogP contribution is 2.14. The number of nitrogens with zero attached hydrogens (tertiary/aromatic N) is 1. The average Bonchev–Trinajstić information content (AvgIpc) is 3.11. The zero-order valence-electron chi connectivity index (χ0n) is 31.9. The van der Waals surface area contributed by atoms with Gasteiger partial charge < -0.3 is 9.47 Å². The molecule has 1 aliphatic rings. The van der Waals surface area contributed by atoms with Crippen LogP contribution >= 0.6 is 11.8 Å². The molecular weight excluding hydrogens is 627 g/mol. The molecule has 1 rings (SSSR count). The molecule has 6 heteroatoms. The summed E-state index contributed by atoms with van der Waals surface area (Å²) in [6.07, 6.45) is 44.4. The summed E-state index contributed by atoms with van der Waals surface area (Å²) in [5.74, 6) is 1.86. The highest BCUT2D eigenvalue weighted by Gasteiger charge is 2.22. The summed E-state index contributed by atoms with van der Waals surface area (Å²) >= 11 is 1.96. The molecule has 0 amide bonds. The standard InChI is InChI=1S/C43H75NO4S/c1-3-5-7-9-11-13-15-17-19-21-23-25-27-29-31-33-42(45)47-40-41(39-44-35-37-49-38-36-44)48-43(46)34-32-30-28-26-24-22-20-18-16-14-12-10-8-6-4-2/h11-14,17-20,41H,3-10,15-16,21-40H2,1-2H3/b13-11-,14-12-,19-17-,20-18-. The van der Waals surface area contributed by atoms with Gasteiger partial charge in [-0.3, -0.25) is 14.5 Å². The molecule has 1 fully saturated rings. The number of rotatable bonds is 33. The van der Waals surface area contributed by atoms with E-state index in [1.807, 2.05) is 11.8 Å². The van der Waals surface area contributed by atoms with Crippen LogP contribution in [0.2, 0.25) is 0 Å². The predicted octanol–water partition coefficient (Wildman–Crippen LogP) is 12.1. The summed E-state index contributed by atoms with van der Waals surface area (Å²) in [6.45, 7) is 7.28. The Balaban J connectivity index is 2.14. The van der Waals surface area contributed by atoms with Crippen molar-refractivity contribution < 1.29 is 19.1 Å². The quantitative estimate of drug-likeness (QED) is 0.0386. The first-order valence-electron chi connectivity index (χ1n) is 20.4. The molecule has 1 aliphatic heterocycles. The van der Waals surface area contributed by atoms with Crippen molar-refractivity contribution in [1.82, 2.24) is 4.90 Å². The second-order valence-electron chi connectivity index (χ2n) is 13.7. The largest absolute Gasteiger partial charge is 0.462 e. The van der Waals surface area contributed by atoms with Gasteiger partial charge in [0.25, 0.3) is 0 Å². The molecule has 0 aromatic rings. The van der Waals surface area contributed by atoms with Gasteiger partial charge in [0, 0.05) is 44.0 Å². The number of carbonyl (C=O) groups is 2. The first-order valence-corrected chi connectivity index (χ1v) is 21.6. The number of ether oxygens (including phenoxy) is 2. The molecule has 1 atom stereocenters. The van der Waals surface area contributed by atoms with E-state index in [0.717, 1.165) is 88.8 Å². The molecule has 0 radical (unpaired) electrons. The van der Waals surface area contributed by atoms with Crippen molar-refractivity contribution >= 4 is 23.7 Å². The second kappa shape index (κ2) is 36.0. The number of carbonyl (C=O) groups excluding carboxylic acids is 2. The number of hydrogen-bond donors (Lipinski definition) is 0. The first kappa shape index (κ1) is 45.2. The third kappa shape index (κ3) is 31.9. The summed E-state index contributed by atoms with van der Waals surface area (Å²) in [5, 5.41) is 0. The van der Waals surface area contributed by atoms with E-state index >= 15 is 0 Å². The van der Waals surface area contributed by atoms with Crippen LogP contribution in [-0.2, 0) is 19.1 Å². The lowest BCUT2D eigenvalue weighted by Crippen LogP contribution is -2.42. The average molecular weight is 702 g/mol. The first-order chi connectivity index (χ1) is 24.2. The molecule has 0 aromatic heterocycles. The van der Waals surface area contributed by atoms with Crippen LogP contribution in [0.15, 0.2) is 48.6 Å². The topological polar surface area (TPSA) is 55.8 Å². The Morgan fingerprint density at radius 1 is 0.571 bits per heavy atom. The second-order valence-corrected chi connectivity index (χ2v) is 14.9. The van der Waals surface area contributed by atoms with Gasteiger partial charge in [-0.2, -0.15) is 11.8 Å². The van der Waals surface area contributed by atoms with E-state index in [9.17, 15) is 9.59 Å². The van der Waals surface area contributed by atoms with Crippen LogP contribution in [0, 0.1) is 0 Å². The summed E-state index contributed by atoms with van der Waals surface area (Å²) < 4.78 is 11.5. The Bertz CT molecular complexity index is 877. The van der Waals surface area contributed by atoms with E-state index in [-0.39, 0.29) is 24.6 Å². The SMILES string of the molecule is CCCCC/C=C\C/C=C\CCCCCCCC(=O)OCC(CN1CCSCC1)OC(=O)CCCCCCC/C=C\C/C=C\CCCCC. The van der Waals surface area contributed by atoms with Gasteiger partial charge >= 0.3 is 11.9 Å². The van der Waals surface area contributed by atoms with Gasteiger partial charge in [-0.05, 0) is 77.0 Å². The summed E-state index contributed by atoms with van der Waals surface area (Å²) in [7, 11) is 0. The van der Waals surface area contributed by atoms with Gasteiger partial charge in [0.1, 0.15) is 12.7 Å². The molecule has 0 aliphatic carbocycles. The van der Waals surface area contributed by atoms with Gasteiger partial charge in [0.15, 0.2) is 0 Å². The van der Waals surface area contributed by atoms with Crippen molar-refractivity contribution in [3.8, 4) is 0 Å². The Hall–Kier alpha value is -1.79. The van der Waals surface area contributed by atoms with Crippen LogP contribution in [0.3, 0.4) is 0 Å². The Kier molecular flexibility index (Phi) is 33.2. The van der Waals surface area contributed by atoms with Crippen molar-refractivity contribution in [1.29, 1.82) is 0 Å². The normalized spacial score (nSPS) is 14.9. The Morgan fingerprint density at radius 2 is 1.00 bits per heavy atom. The third-order valence-electron chi connectivity index (χ3n) is 8.96. The molecule has 49 heavy (non-hydrogen) atoms. The third-order valence-corrected chi connectivity index (χ3v) is 9.90. The van der Waals surface area contributed by atoms with Crippen LogP contribution < -0.4 is 0 Å². The van der Waals surface area contributed by atoms with Gasteiger partial charge in [-0.15, -0.1) is 0 Å². The number of esters is 2. The van der Waals surface area contributed by atoms with E-state index in [1.165, 1.54) is 77.0 Å². The highest BCUT2D eigenvalue weighted by molar-refractivity contribution is 7.99.